The van der Waals surface area contributed by atoms with Gasteiger partial charge in [-0.3, -0.25) is 0 Å². The average Bonchev–Trinajstić information content (AvgIpc) is 2.49. The fraction of sp³-hybridized carbons (Fsp3) is 0.0667. The number of nitrogen functional groups attached to an aromatic ring is 1. The Balaban J connectivity index is 2.18. The number of methoxy groups -OCH3 is 1. The number of rotatable bonds is 3. The van der Waals surface area contributed by atoms with E-state index in [4.69, 9.17) is 11.0 Å². The molecule has 0 saturated carbocycles. The largest absolute Gasteiger partial charge is 0.465 e. The lowest BCUT2D eigenvalue weighted by Gasteiger charge is -2.05. The van der Waals surface area contributed by atoms with Crippen LogP contribution < -0.4 is 5.73 Å². The van der Waals surface area contributed by atoms with Gasteiger partial charge in [-0.25, -0.2) is 4.79 Å². The van der Waals surface area contributed by atoms with E-state index in [-0.39, 0.29) is 5.97 Å². The van der Waals surface area contributed by atoms with Crippen molar-refractivity contribution in [1.82, 2.24) is 0 Å². The van der Waals surface area contributed by atoms with Crippen LogP contribution in [0.25, 0.3) is 0 Å². The van der Waals surface area contributed by atoms with Gasteiger partial charge in [-0.05, 0) is 42.5 Å². The number of carbonyl (C=O) groups excluding carboxylic acids is 1. The Labute approximate surface area is 121 Å². The van der Waals surface area contributed by atoms with Gasteiger partial charge in [0.2, 0.25) is 0 Å². The smallest absolute Gasteiger partial charge is 0.337 e. The first-order valence-corrected chi connectivity index (χ1v) is 6.61. The molecule has 0 unspecified atom stereocenters. The van der Waals surface area contributed by atoms with Crippen molar-refractivity contribution in [2.75, 3.05) is 12.8 Å². The lowest BCUT2D eigenvalue weighted by molar-refractivity contribution is 0.0600. The van der Waals surface area contributed by atoms with Crippen molar-refractivity contribution in [3.8, 4) is 6.07 Å². The lowest BCUT2D eigenvalue weighted by Crippen LogP contribution is -2.00. The number of ether oxygens (including phenoxy) is 1. The predicted octanol–water partition coefficient (Wildman–Crippen LogP) is 3.08. The third kappa shape index (κ3) is 3.11. The Morgan fingerprint density at radius 3 is 2.45 bits per heavy atom. The molecule has 0 atom stereocenters. The van der Waals surface area contributed by atoms with E-state index >= 15 is 0 Å². The van der Waals surface area contributed by atoms with E-state index in [2.05, 4.69) is 10.8 Å². The van der Waals surface area contributed by atoms with Gasteiger partial charge in [-0.2, -0.15) is 5.26 Å². The van der Waals surface area contributed by atoms with Crippen LogP contribution in [0.15, 0.2) is 52.3 Å². The molecule has 2 N–H and O–H groups in total. The fourth-order valence-electron chi connectivity index (χ4n) is 1.61. The van der Waals surface area contributed by atoms with Crippen LogP contribution in [0, 0.1) is 11.3 Å². The van der Waals surface area contributed by atoms with Crippen LogP contribution in [0.1, 0.15) is 15.9 Å². The van der Waals surface area contributed by atoms with E-state index < -0.39 is 0 Å². The van der Waals surface area contributed by atoms with Gasteiger partial charge in [0.15, 0.2) is 0 Å². The zero-order valence-corrected chi connectivity index (χ0v) is 11.6. The molecular weight excluding hydrogens is 272 g/mol. The molecule has 4 nitrogen and oxygen atoms in total. The highest BCUT2D eigenvalue weighted by atomic mass is 32.2. The SMILES string of the molecule is COC(=O)c1ccc(Sc2ccc(N)c(C#N)c2)cc1. The van der Waals surface area contributed by atoms with E-state index in [1.165, 1.54) is 18.9 Å². The number of nitriles is 1. The highest BCUT2D eigenvalue weighted by Gasteiger charge is 2.06. The van der Waals surface area contributed by atoms with Crippen LogP contribution in [0.3, 0.4) is 0 Å². The molecule has 0 aromatic heterocycles. The minimum absolute atomic E-state index is 0.360. The van der Waals surface area contributed by atoms with Gasteiger partial charge in [-0.15, -0.1) is 0 Å². The Kier molecular flexibility index (Phi) is 4.28. The molecule has 0 aliphatic heterocycles. The minimum atomic E-state index is -0.360. The Bertz CT molecular complexity index is 675. The highest BCUT2D eigenvalue weighted by Crippen LogP contribution is 2.29. The molecule has 5 heteroatoms. The van der Waals surface area contributed by atoms with E-state index in [1.54, 1.807) is 24.3 Å². The number of anilines is 1. The first-order chi connectivity index (χ1) is 9.63. The quantitative estimate of drug-likeness (QED) is 0.692. The first-order valence-electron chi connectivity index (χ1n) is 5.80. The third-order valence-electron chi connectivity index (χ3n) is 2.66. The summed E-state index contributed by atoms with van der Waals surface area (Å²) in [5.41, 5.74) is 7.11. The summed E-state index contributed by atoms with van der Waals surface area (Å²) in [6.45, 7) is 0. The summed E-state index contributed by atoms with van der Waals surface area (Å²) in [4.78, 5) is 13.2. The standard InChI is InChI=1S/C15H12N2O2S/c1-19-15(18)10-2-4-12(5-3-10)20-13-6-7-14(17)11(8-13)9-16/h2-8H,17H2,1H3. The van der Waals surface area contributed by atoms with E-state index in [1.807, 2.05) is 18.2 Å². The maximum atomic E-state index is 11.3. The maximum absolute atomic E-state index is 11.3. The molecule has 0 fully saturated rings. The minimum Gasteiger partial charge on any atom is -0.465 e. The molecule has 0 bridgehead atoms. The van der Waals surface area contributed by atoms with Crippen molar-refractivity contribution in [3.05, 3.63) is 53.6 Å². The van der Waals surface area contributed by atoms with Crippen LogP contribution in [0.5, 0.6) is 0 Å². The summed E-state index contributed by atoms with van der Waals surface area (Å²) in [6, 6.07) is 14.4. The van der Waals surface area contributed by atoms with Gasteiger partial charge < -0.3 is 10.5 Å². The summed E-state index contributed by atoms with van der Waals surface area (Å²) in [5, 5.41) is 8.94. The third-order valence-corrected chi connectivity index (χ3v) is 3.65. The zero-order valence-electron chi connectivity index (χ0n) is 10.8. The summed E-state index contributed by atoms with van der Waals surface area (Å²) in [7, 11) is 1.35. The fourth-order valence-corrected chi connectivity index (χ4v) is 2.47. The maximum Gasteiger partial charge on any atom is 0.337 e. The normalized spacial score (nSPS) is 9.80. The van der Waals surface area contributed by atoms with Crippen LogP contribution in [0.2, 0.25) is 0 Å². The Morgan fingerprint density at radius 1 is 1.20 bits per heavy atom. The van der Waals surface area contributed by atoms with Crippen molar-refractivity contribution < 1.29 is 9.53 Å². The summed E-state index contributed by atoms with van der Waals surface area (Å²) in [6.07, 6.45) is 0. The molecular formula is C15H12N2O2S. The second-order valence-electron chi connectivity index (χ2n) is 3.98. The van der Waals surface area contributed by atoms with Crippen molar-refractivity contribution in [1.29, 1.82) is 5.26 Å². The molecule has 0 spiro atoms. The summed E-state index contributed by atoms with van der Waals surface area (Å²) in [5.74, 6) is -0.360. The van der Waals surface area contributed by atoms with E-state index in [0.717, 1.165) is 9.79 Å². The number of nitrogens with two attached hydrogens (primary N) is 1. The van der Waals surface area contributed by atoms with Crippen LogP contribution in [0.4, 0.5) is 5.69 Å². The van der Waals surface area contributed by atoms with Crippen LogP contribution in [-0.4, -0.2) is 13.1 Å². The first kappa shape index (κ1) is 14.0. The molecule has 20 heavy (non-hydrogen) atoms. The summed E-state index contributed by atoms with van der Waals surface area (Å²) >= 11 is 1.50. The molecule has 2 aromatic carbocycles. The number of esters is 1. The highest BCUT2D eigenvalue weighted by molar-refractivity contribution is 7.99. The van der Waals surface area contributed by atoms with Gasteiger partial charge in [0.05, 0.1) is 18.2 Å². The molecule has 100 valence electrons. The van der Waals surface area contributed by atoms with Crippen molar-refractivity contribution >= 4 is 23.4 Å². The molecule has 2 aromatic rings. The molecule has 2 rings (SSSR count). The number of hydrogen-bond acceptors (Lipinski definition) is 5. The van der Waals surface area contributed by atoms with Crippen LogP contribution in [-0.2, 0) is 4.74 Å². The van der Waals surface area contributed by atoms with Gasteiger partial charge in [0, 0.05) is 15.5 Å². The Hall–Kier alpha value is -2.45. The van der Waals surface area contributed by atoms with E-state index in [9.17, 15) is 4.79 Å². The zero-order chi connectivity index (χ0) is 14.5. The second-order valence-corrected chi connectivity index (χ2v) is 5.13. The second kappa shape index (κ2) is 6.13. The Morgan fingerprint density at radius 2 is 1.85 bits per heavy atom. The number of hydrogen-bond donors (Lipinski definition) is 1. The van der Waals surface area contributed by atoms with Crippen LogP contribution >= 0.6 is 11.8 Å². The molecule has 0 aliphatic rings. The molecule has 0 amide bonds. The van der Waals surface area contributed by atoms with Crippen molar-refractivity contribution in [2.24, 2.45) is 0 Å². The molecule has 0 aliphatic carbocycles. The van der Waals surface area contributed by atoms with Gasteiger partial charge in [0.1, 0.15) is 6.07 Å². The number of carbonyl (C=O) groups is 1. The average molecular weight is 284 g/mol. The summed E-state index contributed by atoms with van der Waals surface area (Å²) < 4.78 is 4.64. The van der Waals surface area contributed by atoms with E-state index in [0.29, 0.717) is 16.8 Å². The molecule has 0 radical (unpaired) electrons. The number of benzene rings is 2. The number of nitrogens with zero attached hydrogens (tertiary/aromatic N) is 1. The topological polar surface area (TPSA) is 76.1 Å². The van der Waals surface area contributed by atoms with Crippen molar-refractivity contribution in [3.63, 3.8) is 0 Å². The lowest BCUT2D eigenvalue weighted by atomic mass is 10.2. The van der Waals surface area contributed by atoms with Gasteiger partial charge >= 0.3 is 5.97 Å². The molecule has 0 heterocycles. The monoisotopic (exact) mass is 284 g/mol. The van der Waals surface area contributed by atoms with Gasteiger partial charge in [0.25, 0.3) is 0 Å². The van der Waals surface area contributed by atoms with Gasteiger partial charge in [-0.1, -0.05) is 11.8 Å². The predicted molar refractivity (Wildman–Crippen MR) is 77.5 cm³/mol. The van der Waals surface area contributed by atoms with Crippen molar-refractivity contribution in [2.45, 2.75) is 9.79 Å². The molecule has 0 saturated heterocycles.